The van der Waals surface area contributed by atoms with Crippen molar-refractivity contribution in [2.45, 2.75) is 52.4 Å². The number of nitrogens with one attached hydrogen (secondary N) is 2. The number of hydrogen-bond acceptors (Lipinski definition) is 4. The van der Waals surface area contributed by atoms with E-state index in [1.807, 2.05) is 0 Å². The van der Waals surface area contributed by atoms with Gasteiger partial charge >= 0.3 is 5.97 Å². The van der Waals surface area contributed by atoms with E-state index in [1.165, 1.54) is 12.8 Å². The Kier molecular flexibility index (Phi) is 13.8. The van der Waals surface area contributed by atoms with Crippen molar-refractivity contribution < 1.29 is 14.3 Å². The number of carbonyl (C=O) groups is 2. The summed E-state index contributed by atoms with van der Waals surface area (Å²) in [5, 5.41) is 5.92. The highest BCUT2D eigenvalue weighted by Gasteiger charge is 2.07. The molecule has 0 bridgehead atoms. The maximum Gasteiger partial charge on any atom is 0.338 e. The first-order valence-corrected chi connectivity index (χ1v) is 8.95. The zero-order chi connectivity index (χ0) is 17.6. The summed E-state index contributed by atoms with van der Waals surface area (Å²) in [7, 11) is 0. The molecular weight excluding hydrogens is 340 g/mol. The molecule has 0 spiro atoms. The van der Waals surface area contributed by atoms with Crippen molar-refractivity contribution in [3.63, 3.8) is 0 Å². The number of unbranched alkanes of at least 4 members (excludes halogenated alkanes) is 4. The van der Waals surface area contributed by atoms with Crippen molar-refractivity contribution in [3.05, 3.63) is 29.8 Å². The summed E-state index contributed by atoms with van der Waals surface area (Å²) in [5.41, 5.74) is 1.18. The van der Waals surface area contributed by atoms with E-state index >= 15 is 0 Å². The quantitative estimate of drug-likeness (QED) is 0.428. The molecular formula is C19H31ClN2O3. The van der Waals surface area contributed by atoms with Crippen LogP contribution in [0.1, 0.15) is 62.7 Å². The second-order valence-electron chi connectivity index (χ2n) is 5.85. The van der Waals surface area contributed by atoms with Crippen molar-refractivity contribution in [2.75, 3.05) is 25.0 Å². The summed E-state index contributed by atoms with van der Waals surface area (Å²) < 4.78 is 5.20. The fourth-order valence-electron chi connectivity index (χ4n) is 2.20. The molecule has 0 saturated heterocycles. The van der Waals surface area contributed by atoms with Crippen molar-refractivity contribution in [1.29, 1.82) is 0 Å². The fraction of sp³-hybridized carbons (Fsp3) is 0.579. The molecule has 1 rings (SSSR count). The highest BCUT2D eigenvalue weighted by Crippen LogP contribution is 2.11. The van der Waals surface area contributed by atoms with Gasteiger partial charge in [-0.25, -0.2) is 4.79 Å². The Labute approximate surface area is 157 Å². The molecule has 0 fully saturated rings. The molecule has 0 aromatic heterocycles. The molecule has 5 nitrogen and oxygen atoms in total. The molecule has 6 heteroatoms. The molecule has 0 atom stereocenters. The van der Waals surface area contributed by atoms with Gasteiger partial charge in [-0.05, 0) is 43.7 Å². The Morgan fingerprint density at radius 2 is 1.60 bits per heavy atom. The van der Waals surface area contributed by atoms with Crippen molar-refractivity contribution in [3.8, 4) is 0 Å². The largest absolute Gasteiger partial charge is 0.462 e. The average molecular weight is 371 g/mol. The Hall–Kier alpha value is -1.59. The van der Waals surface area contributed by atoms with Gasteiger partial charge in [0.25, 0.3) is 0 Å². The predicted molar refractivity (Wildman–Crippen MR) is 105 cm³/mol. The summed E-state index contributed by atoms with van der Waals surface area (Å²) in [6, 6.07) is 6.79. The third-order valence-corrected chi connectivity index (χ3v) is 3.63. The lowest BCUT2D eigenvalue weighted by atomic mass is 10.2. The van der Waals surface area contributed by atoms with E-state index in [9.17, 15) is 9.59 Å². The van der Waals surface area contributed by atoms with Crippen LogP contribution in [-0.4, -0.2) is 31.6 Å². The lowest BCUT2D eigenvalue weighted by Gasteiger charge is -2.08. The van der Waals surface area contributed by atoms with Crippen LogP contribution in [0.4, 0.5) is 5.69 Å². The van der Waals surface area contributed by atoms with Gasteiger partial charge in [-0.2, -0.15) is 0 Å². The van der Waals surface area contributed by atoms with E-state index in [0.29, 0.717) is 24.4 Å². The number of esters is 1. The second kappa shape index (κ2) is 14.7. The number of benzene rings is 1. The predicted octanol–water partition coefficient (Wildman–Crippen LogP) is 4.17. The molecule has 0 radical (unpaired) electrons. The smallest absolute Gasteiger partial charge is 0.338 e. The first-order chi connectivity index (χ1) is 11.7. The SMILES string of the molecule is CCCCCNCC(=O)Nc1ccc(C(=O)OCCCCC)cc1.Cl. The molecule has 0 saturated carbocycles. The molecule has 0 unspecified atom stereocenters. The first-order valence-electron chi connectivity index (χ1n) is 8.95. The van der Waals surface area contributed by atoms with E-state index in [0.717, 1.165) is 32.2 Å². The van der Waals surface area contributed by atoms with Crippen molar-refractivity contribution in [1.82, 2.24) is 5.32 Å². The summed E-state index contributed by atoms with van der Waals surface area (Å²) in [6.07, 6.45) is 6.47. The molecule has 142 valence electrons. The van der Waals surface area contributed by atoms with E-state index in [1.54, 1.807) is 24.3 Å². The Bertz CT molecular complexity index is 492. The van der Waals surface area contributed by atoms with Gasteiger partial charge in [0.2, 0.25) is 5.91 Å². The number of rotatable bonds is 12. The van der Waals surface area contributed by atoms with E-state index in [2.05, 4.69) is 24.5 Å². The van der Waals surface area contributed by atoms with Crippen LogP contribution in [0.25, 0.3) is 0 Å². The highest BCUT2D eigenvalue weighted by molar-refractivity contribution is 5.94. The Balaban J connectivity index is 0.00000576. The van der Waals surface area contributed by atoms with Crippen LogP contribution in [0, 0.1) is 0 Å². The molecule has 0 aliphatic rings. The van der Waals surface area contributed by atoms with Crippen LogP contribution in [0.2, 0.25) is 0 Å². The zero-order valence-electron chi connectivity index (χ0n) is 15.3. The van der Waals surface area contributed by atoms with Crippen LogP contribution >= 0.6 is 12.4 Å². The second-order valence-corrected chi connectivity index (χ2v) is 5.85. The van der Waals surface area contributed by atoms with Gasteiger partial charge in [-0.1, -0.05) is 39.5 Å². The van der Waals surface area contributed by atoms with Crippen LogP contribution in [0.5, 0.6) is 0 Å². The molecule has 0 aliphatic heterocycles. The Morgan fingerprint density at radius 1 is 0.960 bits per heavy atom. The minimum Gasteiger partial charge on any atom is -0.462 e. The number of hydrogen-bond donors (Lipinski definition) is 2. The van der Waals surface area contributed by atoms with Gasteiger partial charge in [0.15, 0.2) is 0 Å². The molecule has 1 aromatic rings. The monoisotopic (exact) mass is 370 g/mol. The molecule has 25 heavy (non-hydrogen) atoms. The van der Waals surface area contributed by atoms with Gasteiger partial charge < -0.3 is 15.4 Å². The Morgan fingerprint density at radius 3 is 2.24 bits per heavy atom. The minimum atomic E-state index is -0.318. The van der Waals surface area contributed by atoms with E-state index < -0.39 is 0 Å². The standard InChI is InChI=1S/C19H30N2O3.ClH/c1-3-5-7-13-20-15-18(22)21-17-11-9-16(10-12-17)19(23)24-14-8-6-4-2;/h9-12,20H,3-8,13-15H2,1-2H3,(H,21,22);1H. The minimum absolute atomic E-state index is 0. The molecule has 0 aliphatic carbocycles. The maximum absolute atomic E-state index is 11.8. The lowest BCUT2D eigenvalue weighted by molar-refractivity contribution is -0.115. The average Bonchev–Trinajstić information content (AvgIpc) is 2.59. The maximum atomic E-state index is 11.8. The first kappa shape index (κ1) is 23.4. The number of halogens is 1. The molecule has 1 amide bonds. The van der Waals surface area contributed by atoms with Gasteiger partial charge in [0, 0.05) is 5.69 Å². The van der Waals surface area contributed by atoms with Crippen molar-refractivity contribution >= 4 is 30.0 Å². The fourth-order valence-corrected chi connectivity index (χ4v) is 2.20. The summed E-state index contributed by atoms with van der Waals surface area (Å²) in [6.45, 7) is 5.86. The molecule has 1 aromatic carbocycles. The third kappa shape index (κ3) is 10.8. The van der Waals surface area contributed by atoms with Gasteiger partial charge in [0.1, 0.15) is 0 Å². The van der Waals surface area contributed by atoms with Gasteiger partial charge in [-0.3, -0.25) is 4.79 Å². The van der Waals surface area contributed by atoms with Crippen LogP contribution < -0.4 is 10.6 Å². The topological polar surface area (TPSA) is 67.4 Å². The van der Waals surface area contributed by atoms with Gasteiger partial charge in [0.05, 0.1) is 18.7 Å². The van der Waals surface area contributed by atoms with E-state index in [-0.39, 0.29) is 24.3 Å². The number of ether oxygens (including phenoxy) is 1. The summed E-state index contributed by atoms with van der Waals surface area (Å²) >= 11 is 0. The molecule has 2 N–H and O–H groups in total. The molecule has 0 heterocycles. The highest BCUT2D eigenvalue weighted by atomic mass is 35.5. The summed E-state index contributed by atoms with van der Waals surface area (Å²) in [4.78, 5) is 23.7. The van der Waals surface area contributed by atoms with Crippen molar-refractivity contribution in [2.24, 2.45) is 0 Å². The zero-order valence-corrected chi connectivity index (χ0v) is 16.1. The lowest BCUT2D eigenvalue weighted by Crippen LogP contribution is -2.28. The van der Waals surface area contributed by atoms with Crippen LogP contribution in [0.15, 0.2) is 24.3 Å². The van der Waals surface area contributed by atoms with Crippen LogP contribution in [-0.2, 0) is 9.53 Å². The number of carbonyl (C=O) groups excluding carboxylic acids is 2. The number of amides is 1. The normalized spacial score (nSPS) is 10.0. The summed E-state index contributed by atoms with van der Waals surface area (Å²) in [5.74, 6) is -0.400. The number of anilines is 1. The van der Waals surface area contributed by atoms with Crippen LogP contribution in [0.3, 0.4) is 0 Å². The van der Waals surface area contributed by atoms with E-state index in [4.69, 9.17) is 4.74 Å². The van der Waals surface area contributed by atoms with Gasteiger partial charge in [-0.15, -0.1) is 12.4 Å². The third-order valence-electron chi connectivity index (χ3n) is 3.63.